The van der Waals surface area contributed by atoms with Crippen LogP contribution in [-0.2, 0) is 6.42 Å². The number of carbonyl (C=O) groups is 1. The van der Waals surface area contributed by atoms with Crippen molar-refractivity contribution in [2.45, 2.75) is 32.1 Å². The number of rotatable bonds is 4. The molecule has 0 amide bonds. The highest BCUT2D eigenvalue weighted by atomic mass is 35.5. The molecule has 2 nitrogen and oxygen atoms in total. The average Bonchev–Trinajstić information content (AvgIpc) is 3.11. The van der Waals surface area contributed by atoms with E-state index in [1.54, 1.807) is 6.92 Å². The third-order valence-corrected chi connectivity index (χ3v) is 4.63. The summed E-state index contributed by atoms with van der Waals surface area (Å²) in [6.45, 7) is 1.63. The molecule has 0 N–H and O–H groups in total. The van der Waals surface area contributed by atoms with Gasteiger partial charge in [-0.25, -0.2) is 4.98 Å². The van der Waals surface area contributed by atoms with Gasteiger partial charge in [-0.05, 0) is 30.5 Å². The number of ketones is 1. The van der Waals surface area contributed by atoms with Crippen LogP contribution < -0.4 is 0 Å². The second kappa shape index (κ2) is 5.06. The van der Waals surface area contributed by atoms with E-state index in [-0.39, 0.29) is 5.78 Å². The number of halogens is 1. The van der Waals surface area contributed by atoms with Crippen LogP contribution in [0.25, 0.3) is 0 Å². The van der Waals surface area contributed by atoms with Crippen LogP contribution in [-0.4, -0.2) is 10.8 Å². The minimum Gasteiger partial charge on any atom is -0.294 e. The smallest absolute Gasteiger partial charge is 0.171 e. The zero-order valence-electron chi connectivity index (χ0n) is 10.6. The number of thiazole rings is 1. The Morgan fingerprint density at radius 2 is 2.26 bits per heavy atom. The van der Waals surface area contributed by atoms with E-state index in [1.165, 1.54) is 24.2 Å². The van der Waals surface area contributed by atoms with Gasteiger partial charge in [-0.1, -0.05) is 23.7 Å². The summed E-state index contributed by atoms with van der Waals surface area (Å²) in [5, 5.41) is 1.75. The summed E-state index contributed by atoms with van der Waals surface area (Å²) in [6, 6.07) is 7.80. The van der Waals surface area contributed by atoms with Gasteiger partial charge in [0.25, 0.3) is 0 Å². The zero-order chi connectivity index (χ0) is 13.4. The van der Waals surface area contributed by atoms with E-state index in [4.69, 9.17) is 11.6 Å². The zero-order valence-corrected chi connectivity index (χ0v) is 12.2. The second-order valence-corrected chi connectivity index (χ2v) is 6.48. The summed E-state index contributed by atoms with van der Waals surface area (Å²) in [5.41, 5.74) is 2.16. The van der Waals surface area contributed by atoms with Crippen LogP contribution in [0.3, 0.4) is 0 Å². The van der Waals surface area contributed by atoms with Crippen LogP contribution in [0.5, 0.6) is 0 Å². The minimum absolute atomic E-state index is 0.136. The van der Waals surface area contributed by atoms with Crippen LogP contribution in [0.2, 0.25) is 5.02 Å². The molecule has 0 aliphatic heterocycles. The molecule has 1 aromatic carbocycles. The van der Waals surface area contributed by atoms with Gasteiger partial charge in [0, 0.05) is 24.3 Å². The van der Waals surface area contributed by atoms with Gasteiger partial charge in [0.05, 0.1) is 15.6 Å². The van der Waals surface area contributed by atoms with E-state index in [1.807, 2.05) is 24.3 Å². The molecule has 0 radical (unpaired) electrons. The Morgan fingerprint density at radius 3 is 2.89 bits per heavy atom. The van der Waals surface area contributed by atoms with Crippen molar-refractivity contribution in [2.75, 3.05) is 0 Å². The van der Waals surface area contributed by atoms with Gasteiger partial charge in [0.1, 0.15) is 0 Å². The van der Waals surface area contributed by atoms with Gasteiger partial charge < -0.3 is 0 Å². The van der Waals surface area contributed by atoms with Gasteiger partial charge in [0.15, 0.2) is 5.78 Å². The lowest BCUT2D eigenvalue weighted by molar-refractivity contribution is 0.102. The van der Waals surface area contributed by atoms with E-state index in [0.29, 0.717) is 5.92 Å². The fourth-order valence-electron chi connectivity index (χ4n) is 2.16. The van der Waals surface area contributed by atoms with Crippen molar-refractivity contribution in [1.82, 2.24) is 4.98 Å². The molecule has 0 spiro atoms. The fourth-order valence-corrected chi connectivity index (χ4v) is 3.45. The standard InChI is InChI=1S/C15H14ClNOS/c1-9(18)15-14(11-5-6-11)17-13(19-15)8-10-3-2-4-12(16)7-10/h2-4,7,11H,5-6,8H2,1H3. The molecule has 1 saturated carbocycles. The quantitative estimate of drug-likeness (QED) is 0.778. The van der Waals surface area contributed by atoms with Crippen molar-refractivity contribution in [3.63, 3.8) is 0 Å². The first-order valence-electron chi connectivity index (χ1n) is 6.38. The molecule has 19 heavy (non-hydrogen) atoms. The first-order chi connectivity index (χ1) is 9.13. The second-order valence-electron chi connectivity index (χ2n) is 4.96. The van der Waals surface area contributed by atoms with Crippen LogP contribution >= 0.6 is 22.9 Å². The summed E-state index contributed by atoms with van der Waals surface area (Å²) in [5.74, 6) is 0.653. The maximum absolute atomic E-state index is 11.7. The molecule has 0 atom stereocenters. The maximum Gasteiger partial charge on any atom is 0.171 e. The summed E-state index contributed by atoms with van der Waals surface area (Å²) < 4.78 is 0. The molecule has 1 aliphatic rings. The lowest BCUT2D eigenvalue weighted by atomic mass is 10.1. The number of benzene rings is 1. The average molecular weight is 292 g/mol. The molecule has 2 aromatic rings. The molecule has 0 unspecified atom stereocenters. The Morgan fingerprint density at radius 1 is 1.47 bits per heavy atom. The first kappa shape index (κ1) is 12.8. The molecule has 3 rings (SSSR count). The molecule has 1 aromatic heterocycles. The topological polar surface area (TPSA) is 30.0 Å². The van der Waals surface area contributed by atoms with Gasteiger partial charge in [0.2, 0.25) is 0 Å². The van der Waals surface area contributed by atoms with E-state index >= 15 is 0 Å². The van der Waals surface area contributed by atoms with Crippen molar-refractivity contribution < 1.29 is 4.79 Å². The Kier molecular flexibility index (Phi) is 3.42. The van der Waals surface area contributed by atoms with Crippen molar-refractivity contribution in [2.24, 2.45) is 0 Å². The molecule has 1 fully saturated rings. The summed E-state index contributed by atoms with van der Waals surface area (Å²) >= 11 is 7.52. The van der Waals surface area contributed by atoms with Gasteiger partial charge in [-0.3, -0.25) is 4.79 Å². The number of aromatic nitrogens is 1. The summed E-state index contributed by atoms with van der Waals surface area (Å²) in [6.07, 6.45) is 3.08. The molecular formula is C15H14ClNOS. The number of hydrogen-bond acceptors (Lipinski definition) is 3. The van der Waals surface area contributed by atoms with Gasteiger partial charge in [-0.15, -0.1) is 11.3 Å². The van der Waals surface area contributed by atoms with Crippen LogP contribution in [0.1, 0.15) is 51.6 Å². The van der Waals surface area contributed by atoms with Crippen molar-refractivity contribution in [1.29, 1.82) is 0 Å². The van der Waals surface area contributed by atoms with Crippen LogP contribution in [0.15, 0.2) is 24.3 Å². The Labute approximate surface area is 121 Å². The number of carbonyl (C=O) groups excluding carboxylic acids is 1. The Hall–Kier alpha value is -1.19. The van der Waals surface area contributed by atoms with Gasteiger partial charge >= 0.3 is 0 Å². The fraction of sp³-hybridized carbons (Fsp3) is 0.333. The van der Waals surface area contributed by atoms with Gasteiger partial charge in [-0.2, -0.15) is 0 Å². The third-order valence-electron chi connectivity index (χ3n) is 3.23. The molecule has 1 heterocycles. The maximum atomic E-state index is 11.7. The van der Waals surface area contributed by atoms with E-state index in [9.17, 15) is 4.79 Å². The predicted molar refractivity (Wildman–Crippen MR) is 78.4 cm³/mol. The van der Waals surface area contributed by atoms with Crippen molar-refractivity contribution >= 4 is 28.7 Å². The SMILES string of the molecule is CC(=O)c1sc(Cc2cccc(Cl)c2)nc1C1CC1. The van der Waals surface area contributed by atoms with Crippen molar-refractivity contribution in [3.05, 3.63) is 50.4 Å². The molecule has 98 valence electrons. The van der Waals surface area contributed by atoms with Crippen LogP contribution in [0, 0.1) is 0 Å². The normalized spacial score (nSPS) is 14.6. The largest absolute Gasteiger partial charge is 0.294 e. The highest BCUT2D eigenvalue weighted by Crippen LogP contribution is 2.43. The summed E-state index contributed by atoms with van der Waals surface area (Å²) in [7, 11) is 0. The number of nitrogens with zero attached hydrogens (tertiary/aromatic N) is 1. The molecule has 4 heteroatoms. The molecule has 1 aliphatic carbocycles. The monoisotopic (exact) mass is 291 g/mol. The number of Topliss-reactive ketones (excluding diaryl/α,β-unsaturated/α-hetero) is 1. The molecular weight excluding hydrogens is 278 g/mol. The van der Waals surface area contributed by atoms with E-state index in [0.717, 1.165) is 32.6 Å². The van der Waals surface area contributed by atoms with Crippen molar-refractivity contribution in [3.8, 4) is 0 Å². The lowest BCUT2D eigenvalue weighted by Crippen LogP contribution is -1.93. The highest BCUT2D eigenvalue weighted by molar-refractivity contribution is 7.13. The Balaban J connectivity index is 1.89. The molecule has 0 bridgehead atoms. The lowest BCUT2D eigenvalue weighted by Gasteiger charge is -1.98. The van der Waals surface area contributed by atoms with E-state index < -0.39 is 0 Å². The highest BCUT2D eigenvalue weighted by Gasteiger charge is 2.30. The minimum atomic E-state index is 0.136. The first-order valence-corrected chi connectivity index (χ1v) is 7.58. The van der Waals surface area contributed by atoms with E-state index in [2.05, 4.69) is 4.98 Å². The third kappa shape index (κ3) is 2.88. The Bertz CT molecular complexity index is 631. The van der Waals surface area contributed by atoms with Crippen LogP contribution in [0.4, 0.5) is 0 Å². The number of hydrogen-bond donors (Lipinski definition) is 0. The molecule has 0 saturated heterocycles. The predicted octanol–water partition coefficient (Wildman–Crippen LogP) is 4.47. The summed E-state index contributed by atoms with van der Waals surface area (Å²) in [4.78, 5) is 17.2.